The molecule has 0 radical (unpaired) electrons. The lowest BCUT2D eigenvalue weighted by molar-refractivity contribution is -0.137. The summed E-state index contributed by atoms with van der Waals surface area (Å²) in [6.45, 7) is 6.87. The Balaban J connectivity index is 2.38. The molecule has 0 fully saturated rings. The van der Waals surface area contributed by atoms with Crippen molar-refractivity contribution in [3.05, 3.63) is 52.7 Å². The first-order chi connectivity index (χ1) is 10.6. The topological polar surface area (TPSA) is 46.3 Å². The molecule has 1 N–H and O–H groups in total. The van der Waals surface area contributed by atoms with E-state index in [1.165, 1.54) is 12.1 Å². The molecule has 1 atom stereocenters. The zero-order chi connectivity index (χ0) is 17.4. The minimum atomic E-state index is -4.35. The highest BCUT2D eigenvalue weighted by Gasteiger charge is 2.30. The average Bonchev–Trinajstić information content (AvgIpc) is 2.87. The van der Waals surface area contributed by atoms with Gasteiger partial charge in [-0.25, -0.2) is 4.98 Å². The first kappa shape index (κ1) is 17.3. The van der Waals surface area contributed by atoms with Crippen molar-refractivity contribution in [1.29, 1.82) is 0 Å². The van der Waals surface area contributed by atoms with Gasteiger partial charge in [0.25, 0.3) is 0 Å². The highest BCUT2D eigenvalue weighted by molar-refractivity contribution is 5.86. The molecular formula is C17H18F3NO2. The molecule has 1 aromatic carbocycles. The fourth-order valence-electron chi connectivity index (χ4n) is 2.24. The van der Waals surface area contributed by atoms with Gasteiger partial charge in [0.2, 0.25) is 5.89 Å². The van der Waals surface area contributed by atoms with E-state index in [0.717, 1.165) is 17.7 Å². The largest absolute Gasteiger partial charge is 0.441 e. The maximum Gasteiger partial charge on any atom is 0.416 e. The van der Waals surface area contributed by atoms with E-state index >= 15 is 0 Å². The molecule has 1 unspecified atom stereocenters. The van der Waals surface area contributed by atoms with Gasteiger partial charge in [-0.3, -0.25) is 0 Å². The minimum Gasteiger partial charge on any atom is -0.441 e. The molecule has 1 heterocycles. The molecule has 3 nitrogen and oxygen atoms in total. The van der Waals surface area contributed by atoms with E-state index in [1.807, 2.05) is 0 Å². The molecule has 0 saturated heterocycles. The minimum absolute atomic E-state index is 0.357. The van der Waals surface area contributed by atoms with Crippen molar-refractivity contribution >= 4 is 11.1 Å². The molecule has 0 amide bonds. The standard InChI is InChI=1S/C17H18F3NO2/c1-9(13-5-7-14(8-6-13)17(18,19)20)10(2)16-21-15(11(3)22)12(4)23-16/h5-8,11,22H,1-4H3/b10-9+. The Morgan fingerprint density at radius 2 is 1.70 bits per heavy atom. The number of aryl methyl sites for hydroxylation is 1. The number of nitrogens with zero attached hydrogens (tertiary/aromatic N) is 1. The summed E-state index contributed by atoms with van der Waals surface area (Å²) in [7, 11) is 0. The number of aliphatic hydroxyl groups excluding tert-OH is 1. The summed E-state index contributed by atoms with van der Waals surface area (Å²) in [6.07, 6.45) is -5.09. The van der Waals surface area contributed by atoms with E-state index in [4.69, 9.17) is 4.42 Å². The number of benzene rings is 1. The first-order valence-corrected chi connectivity index (χ1v) is 7.12. The van der Waals surface area contributed by atoms with Crippen LogP contribution in [0.4, 0.5) is 13.2 Å². The van der Waals surface area contributed by atoms with Crippen LogP contribution in [-0.4, -0.2) is 10.1 Å². The number of allylic oxidation sites excluding steroid dienone is 2. The van der Waals surface area contributed by atoms with Crippen LogP contribution >= 0.6 is 0 Å². The van der Waals surface area contributed by atoms with E-state index < -0.39 is 17.8 Å². The van der Waals surface area contributed by atoms with Gasteiger partial charge in [0.05, 0.1) is 11.7 Å². The second-order valence-electron chi connectivity index (χ2n) is 5.46. The van der Waals surface area contributed by atoms with Crippen molar-refractivity contribution in [3.8, 4) is 0 Å². The Labute approximate surface area is 132 Å². The number of alkyl halides is 3. The average molecular weight is 325 g/mol. The summed E-state index contributed by atoms with van der Waals surface area (Å²) in [5, 5.41) is 9.62. The molecule has 0 aliphatic rings. The number of aliphatic hydroxyl groups is 1. The summed E-state index contributed by atoms with van der Waals surface area (Å²) < 4.78 is 43.4. The lowest BCUT2D eigenvalue weighted by atomic mass is 10.0. The third-order valence-corrected chi connectivity index (χ3v) is 3.76. The Morgan fingerprint density at radius 3 is 2.13 bits per heavy atom. The van der Waals surface area contributed by atoms with Crippen LogP contribution in [0.25, 0.3) is 11.1 Å². The molecule has 2 aromatic rings. The molecule has 2 rings (SSSR count). The zero-order valence-electron chi connectivity index (χ0n) is 13.3. The van der Waals surface area contributed by atoms with Crippen LogP contribution in [0.3, 0.4) is 0 Å². The van der Waals surface area contributed by atoms with Crippen LogP contribution in [0.2, 0.25) is 0 Å². The maximum atomic E-state index is 12.6. The van der Waals surface area contributed by atoms with Gasteiger partial charge in [0, 0.05) is 5.57 Å². The van der Waals surface area contributed by atoms with Crippen LogP contribution in [0.5, 0.6) is 0 Å². The molecule has 0 saturated carbocycles. The van der Waals surface area contributed by atoms with Gasteiger partial charge >= 0.3 is 6.18 Å². The first-order valence-electron chi connectivity index (χ1n) is 7.12. The molecular weight excluding hydrogens is 307 g/mol. The highest BCUT2D eigenvalue weighted by Crippen LogP contribution is 2.32. The molecule has 23 heavy (non-hydrogen) atoms. The Hall–Kier alpha value is -2.08. The lowest BCUT2D eigenvalue weighted by Gasteiger charge is -2.09. The summed E-state index contributed by atoms with van der Waals surface area (Å²) in [5.41, 5.74) is 1.90. The third-order valence-electron chi connectivity index (χ3n) is 3.76. The molecule has 6 heteroatoms. The van der Waals surface area contributed by atoms with Gasteiger partial charge in [0.15, 0.2) is 0 Å². The van der Waals surface area contributed by atoms with E-state index in [9.17, 15) is 18.3 Å². The Morgan fingerprint density at radius 1 is 1.13 bits per heavy atom. The Kier molecular flexibility index (Phi) is 4.66. The molecule has 0 aliphatic heterocycles. The third kappa shape index (κ3) is 3.64. The summed E-state index contributed by atoms with van der Waals surface area (Å²) in [4.78, 5) is 4.26. The number of hydrogen-bond donors (Lipinski definition) is 1. The van der Waals surface area contributed by atoms with Crippen molar-refractivity contribution < 1.29 is 22.7 Å². The fraction of sp³-hybridized carbons (Fsp3) is 0.353. The van der Waals surface area contributed by atoms with Crippen LogP contribution in [0, 0.1) is 6.92 Å². The number of rotatable bonds is 3. The van der Waals surface area contributed by atoms with Gasteiger partial charge in [-0.2, -0.15) is 13.2 Å². The van der Waals surface area contributed by atoms with Crippen LogP contribution in [0.15, 0.2) is 28.7 Å². The number of aromatic nitrogens is 1. The van der Waals surface area contributed by atoms with Gasteiger partial charge in [-0.15, -0.1) is 0 Å². The quantitative estimate of drug-likeness (QED) is 0.863. The highest BCUT2D eigenvalue weighted by atomic mass is 19.4. The number of oxazole rings is 1. The summed E-state index contributed by atoms with van der Waals surface area (Å²) in [5.74, 6) is 0.880. The normalized spacial score (nSPS) is 14.6. The summed E-state index contributed by atoms with van der Waals surface area (Å²) >= 11 is 0. The van der Waals surface area contributed by atoms with E-state index in [0.29, 0.717) is 28.5 Å². The lowest BCUT2D eigenvalue weighted by Crippen LogP contribution is -2.04. The van der Waals surface area contributed by atoms with Crippen molar-refractivity contribution in [2.75, 3.05) is 0 Å². The van der Waals surface area contributed by atoms with Gasteiger partial charge in [-0.05, 0) is 51.0 Å². The fourth-order valence-corrected chi connectivity index (χ4v) is 2.24. The van der Waals surface area contributed by atoms with E-state index in [2.05, 4.69) is 4.98 Å². The zero-order valence-corrected chi connectivity index (χ0v) is 13.3. The predicted molar refractivity (Wildman–Crippen MR) is 81.5 cm³/mol. The van der Waals surface area contributed by atoms with Crippen molar-refractivity contribution in [1.82, 2.24) is 4.98 Å². The van der Waals surface area contributed by atoms with Crippen LogP contribution in [-0.2, 0) is 6.18 Å². The molecule has 1 aromatic heterocycles. The SMILES string of the molecule is C/C(=C(/C)c1nc(C(C)O)c(C)o1)c1ccc(C(F)(F)F)cc1. The van der Waals surface area contributed by atoms with Crippen molar-refractivity contribution in [3.63, 3.8) is 0 Å². The molecule has 0 bridgehead atoms. The second-order valence-corrected chi connectivity index (χ2v) is 5.46. The number of hydrogen-bond acceptors (Lipinski definition) is 3. The maximum absolute atomic E-state index is 12.6. The van der Waals surface area contributed by atoms with Gasteiger partial charge in [0.1, 0.15) is 11.5 Å². The van der Waals surface area contributed by atoms with Gasteiger partial charge < -0.3 is 9.52 Å². The molecule has 0 aliphatic carbocycles. The van der Waals surface area contributed by atoms with Crippen LogP contribution < -0.4 is 0 Å². The van der Waals surface area contributed by atoms with E-state index in [-0.39, 0.29) is 0 Å². The van der Waals surface area contributed by atoms with Gasteiger partial charge in [-0.1, -0.05) is 12.1 Å². The summed E-state index contributed by atoms with van der Waals surface area (Å²) in [6, 6.07) is 4.95. The van der Waals surface area contributed by atoms with E-state index in [1.54, 1.807) is 27.7 Å². The smallest absolute Gasteiger partial charge is 0.416 e. The van der Waals surface area contributed by atoms with Crippen molar-refractivity contribution in [2.45, 2.75) is 40.0 Å². The predicted octanol–water partition coefficient (Wildman–Crippen LogP) is 5.01. The molecule has 0 spiro atoms. The monoisotopic (exact) mass is 325 g/mol. The number of halogens is 3. The Bertz CT molecular complexity index is 725. The van der Waals surface area contributed by atoms with Crippen molar-refractivity contribution in [2.24, 2.45) is 0 Å². The molecule has 124 valence electrons. The van der Waals surface area contributed by atoms with Crippen LogP contribution in [0.1, 0.15) is 55.3 Å². The second kappa shape index (κ2) is 6.20.